The molecule has 7 nitrogen and oxygen atoms in total. The number of terminal acetylenes is 1. The normalized spacial score (nSPS) is 11.6. The molecule has 0 heterocycles. The van der Waals surface area contributed by atoms with Gasteiger partial charge in [0.05, 0.1) is 12.8 Å². The van der Waals surface area contributed by atoms with E-state index < -0.39 is 11.9 Å². The molecule has 0 aliphatic heterocycles. The summed E-state index contributed by atoms with van der Waals surface area (Å²) >= 11 is 0. The zero-order chi connectivity index (χ0) is 22.6. The van der Waals surface area contributed by atoms with Crippen LogP contribution in [0.5, 0.6) is 11.5 Å². The van der Waals surface area contributed by atoms with E-state index in [-0.39, 0.29) is 18.4 Å². The lowest BCUT2D eigenvalue weighted by Crippen LogP contribution is -2.48. The number of rotatable bonds is 10. The lowest BCUT2D eigenvalue weighted by molar-refractivity contribution is -0.123. The third-order valence-corrected chi connectivity index (χ3v) is 4.24. The first-order valence-electron chi connectivity index (χ1n) is 9.98. The SMILES string of the molecule is C#CCOc1ccc(/C=N/NC(=O)C(NC(=O)c2ccccc2)C(C)C)cc1OCC. The largest absolute Gasteiger partial charge is 0.490 e. The Morgan fingerprint density at radius 3 is 2.52 bits per heavy atom. The van der Waals surface area contributed by atoms with Crippen LogP contribution >= 0.6 is 0 Å². The van der Waals surface area contributed by atoms with Crippen LogP contribution in [0.4, 0.5) is 0 Å². The molecule has 2 rings (SSSR count). The fourth-order valence-corrected chi connectivity index (χ4v) is 2.70. The quantitative estimate of drug-likeness (QED) is 0.351. The summed E-state index contributed by atoms with van der Waals surface area (Å²) in [6.45, 7) is 6.16. The molecule has 0 aromatic heterocycles. The van der Waals surface area contributed by atoms with E-state index in [1.54, 1.807) is 42.5 Å². The van der Waals surface area contributed by atoms with Crippen LogP contribution in [-0.2, 0) is 4.79 Å². The fourth-order valence-electron chi connectivity index (χ4n) is 2.70. The van der Waals surface area contributed by atoms with Crippen LogP contribution in [0.1, 0.15) is 36.7 Å². The van der Waals surface area contributed by atoms with Gasteiger partial charge in [0.25, 0.3) is 11.8 Å². The Hall–Kier alpha value is -3.79. The van der Waals surface area contributed by atoms with Crippen LogP contribution < -0.4 is 20.2 Å². The number of amides is 2. The molecule has 0 fully saturated rings. The van der Waals surface area contributed by atoms with Crippen molar-refractivity contribution >= 4 is 18.0 Å². The highest BCUT2D eigenvalue weighted by Gasteiger charge is 2.24. The molecule has 0 spiro atoms. The van der Waals surface area contributed by atoms with Crippen molar-refractivity contribution in [1.29, 1.82) is 0 Å². The Morgan fingerprint density at radius 2 is 1.87 bits per heavy atom. The van der Waals surface area contributed by atoms with Gasteiger partial charge in [0.15, 0.2) is 11.5 Å². The molecule has 2 amide bonds. The number of ether oxygens (including phenoxy) is 2. The summed E-state index contributed by atoms with van der Waals surface area (Å²) in [5, 5.41) is 6.77. The summed E-state index contributed by atoms with van der Waals surface area (Å²) in [7, 11) is 0. The van der Waals surface area contributed by atoms with Crippen LogP contribution in [0.2, 0.25) is 0 Å². The summed E-state index contributed by atoms with van der Waals surface area (Å²) < 4.78 is 11.0. The van der Waals surface area contributed by atoms with Crippen LogP contribution in [0.15, 0.2) is 53.6 Å². The first kappa shape index (κ1) is 23.5. The third-order valence-electron chi connectivity index (χ3n) is 4.24. The van der Waals surface area contributed by atoms with Crippen LogP contribution in [0, 0.1) is 18.3 Å². The Morgan fingerprint density at radius 1 is 1.13 bits per heavy atom. The van der Waals surface area contributed by atoms with E-state index in [1.807, 2.05) is 26.8 Å². The Labute approximate surface area is 182 Å². The summed E-state index contributed by atoms with van der Waals surface area (Å²) in [5.41, 5.74) is 3.67. The molecule has 2 aromatic rings. The fraction of sp³-hybridized carbons (Fsp3) is 0.292. The number of carbonyl (C=O) groups is 2. The molecule has 0 aliphatic rings. The average Bonchev–Trinajstić information content (AvgIpc) is 2.77. The molecule has 0 saturated heterocycles. The lowest BCUT2D eigenvalue weighted by Gasteiger charge is -2.20. The molecule has 0 aliphatic carbocycles. The highest BCUT2D eigenvalue weighted by atomic mass is 16.5. The summed E-state index contributed by atoms with van der Waals surface area (Å²) in [6.07, 6.45) is 6.72. The zero-order valence-electron chi connectivity index (χ0n) is 17.9. The second-order valence-electron chi connectivity index (χ2n) is 6.93. The van der Waals surface area contributed by atoms with Gasteiger partial charge < -0.3 is 14.8 Å². The van der Waals surface area contributed by atoms with E-state index in [4.69, 9.17) is 15.9 Å². The Kier molecular flexibility index (Phi) is 9.12. The van der Waals surface area contributed by atoms with Crippen LogP contribution in [-0.4, -0.2) is 37.3 Å². The lowest BCUT2D eigenvalue weighted by atomic mass is 10.0. The molecule has 2 N–H and O–H groups in total. The molecular formula is C24H27N3O4. The summed E-state index contributed by atoms with van der Waals surface area (Å²) in [4.78, 5) is 25.0. The summed E-state index contributed by atoms with van der Waals surface area (Å²) in [5.74, 6) is 2.62. The van der Waals surface area contributed by atoms with Gasteiger partial charge in [-0.25, -0.2) is 5.43 Å². The number of hydrazone groups is 1. The van der Waals surface area contributed by atoms with Gasteiger partial charge in [-0.1, -0.05) is 38.0 Å². The Bertz CT molecular complexity index is 949. The molecule has 1 unspecified atom stereocenters. The second-order valence-corrected chi connectivity index (χ2v) is 6.93. The van der Waals surface area contributed by atoms with Gasteiger partial charge in [0, 0.05) is 5.56 Å². The van der Waals surface area contributed by atoms with Crippen LogP contribution in [0.25, 0.3) is 0 Å². The number of nitrogens with one attached hydrogen (secondary N) is 2. The van der Waals surface area contributed by atoms with Gasteiger partial charge in [-0.2, -0.15) is 5.10 Å². The van der Waals surface area contributed by atoms with Crippen molar-refractivity contribution in [3.05, 3.63) is 59.7 Å². The number of nitrogens with zero attached hydrogens (tertiary/aromatic N) is 1. The van der Waals surface area contributed by atoms with Crippen molar-refractivity contribution in [2.24, 2.45) is 11.0 Å². The minimum absolute atomic E-state index is 0.125. The van der Waals surface area contributed by atoms with E-state index >= 15 is 0 Å². The maximum Gasteiger partial charge on any atom is 0.262 e. The zero-order valence-corrected chi connectivity index (χ0v) is 17.9. The molecule has 0 saturated carbocycles. The predicted molar refractivity (Wildman–Crippen MR) is 120 cm³/mol. The molecular weight excluding hydrogens is 394 g/mol. The van der Waals surface area contributed by atoms with Gasteiger partial charge in [-0.15, -0.1) is 6.42 Å². The van der Waals surface area contributed by atoms with Crippen molar-refractivity contribution in [3.8, 4) is 23.8 Å². The topological polar surface area (TPSA) is 89.0 Å². The highest BCUT2D eigenvalue weighted by molar-refractivity contribution is 5.97. The van der Waals surface area contributed by atoms with Gasteiger partial charge in [-0.3, -0.25) is 9.59 Å². The van der Waals surface area contributed by atoms with Crippen molar-refractivity contribution in [2.75, 3.05) is 13.2 Å². The molecule has 2 aromatic carbocycles. The van der Waals surface area contributed by atoms with Crippen molar-refractivity contribution in [2.45, 2.75) is 26.8 Å². The van der Waals surface area contributed by atoms with Gasteiger partial charge in [0.2, 0.25) is 0 Å². The van der Waals surface area contributed by atoms with Crippen LogP contribution in [0.3, 0.4) is 0 Å². The van der Waals surface area contributed by atoms with Gasteiger partial charge in [-0.05, 0) is 48.7 Å². The standard InChI is InChI=1S/C24H27N3O4/c1-5-14-31-20-13-12-18(15-21(20)30-6-2)16-25-27-24(29)22(17(3)4)26-23(28)19-10-8-7-9-11-19/h1,7-13,15-17,22H,6,14H2,2-4H3,(H,26,28)(H,27,29)/b25-16+. The average molecular weight is 421 g/mol. The van der Waals surface area contributed by atoms with Gasteiger partial charge in [0.1, 0.15) is 12.6 Å². The number of benzene rings is 2. The van der Waals surface area contributed by atoms with E-state index in [1.165, 1.54) is 6.21 Å². The monoisotopic (exact) mass is 421 g/mol. The molecule has 0 bridgehead atoms. The van der Waals surface area contributed by atoms with Gasteiger partial charge >= 0.3 is 0 Å². The number of hydrogen-bond donors (Lipinski definition) is 2. The van der Waals surface area contributed by atoms with E-state index in [0.717, 1.165) is 0 Å². The molecule has 1 atom stereocenters. The van der Waals surface area contributed by atoms with Crippen molar-refractivity contribution < 1.29 is 19.1 Å². The van der Waals surface area contributed by atoms with E-state index in [2.05, 4.69) is 21.8 Å². The summed E-state index contributed by atoms with van der Waals surface area (Å²) in [6, 6.07) is 13.2. The Balaban J connectivity index is 2.04. The first-order valence-corrected chi connectivity index (χ1v) is 9.98. The molecule has 0 radical (unpaired) electrons. The minimum Gasteiger partial charge on any atom is -0.490 e. The predicted octanol–water partition coefficient (Wildman–Crippen LogP) is 3.00. The number of hydrogen-bond acceptors (Lipinski definition) is 5. The highest BCUT2D eigenvalue weighted by Crippen LogP contribution is 2.27. The van der Waals surface area contributed by atoms with Crippen molar-refractivity contribution in [3.63, 3.8) is 0 Å². The smallest absolute Gasteiger partial charge is 0.262 e. The molecule has 31 heavy (non-hydrogen) atoms. The maximum absolute atomic E-state index is 12.6. The van der Waals surface area contributed by atoms with E-state index in [0.29, 0.717) is 29.2 Å². The number of carbonyl (C=O) groups excluding carboxylic acids is 2. The molecule has 162 valence electrons. The van der Waals surface area contributed by atoms with E-state index in [9.17, 15) is 9.59 Å². The minimum atomic E-state index is -0.733. The second kappa shape index (κ2) is 12.0. The maximum atomic E-state index is 12.6. The third kappa shape index (κ3) is 7.19. The van der Waals surface area contributed by atoms with Crippen molar-refractivity contribution in [1.82, 2.24) is 10.7 Å². The molecule has 7 heteroatoms. The first-order chi connectivity index (χ1) is 15.0.